The normalized spacial score (nSPS) is 44.0. The molecule has 1 unspecified atom stereocenters. The maximum absolute atomic E-state index is 11.9. The molecule has 4 fully saturated rings. The molecule has 4 aliphatic carbocycles. The Kier molecular flexibility index (Phi) is 3.57. The van der Waals surface area contributed by atoms with Crippen molar-refractivity contribution in [1.82, 2.24) is 4.90 Å². The summed E-state index contributed by atoms with van der Waals surface area (Å²) in [5, 5.41) is 21.2. The number of likely N-dealkylation sites (N-methyl/N-ethyl adjacent to an activating group) is 1. The lowest BCUT2D eigenvalue weighted by Gasteiger charge is -2.61. The van der Waals surface area contributed by atoms with Gasteiger partial charge in [0.25, 0.3) is 0 Å². The van der Waals surface area contributed by atoms with Gasteiger partial charge in [-0.3, -0.25) is 9.69 Å². The van der Waals surface area contributed by atoms with Gasteiger partial charge >= 0.3 is 5.97 Å². The largest absolute Gasteiger partial charge is 0.480 e. The third-order valence-electron chi connectivity index (χ3n) is 6.30. The van der Waals surface area contributed by atoms with Crippen LogP contribution in [-0.4, -0.2) is 45.8 Å². The third kappa shape index (κ3) is 1.92. The Morgan fingerprint density at radius 1 is 1.10 bits per heavy atom. The predicted octanol–water partition coefficient (Wildman–Crippen LogP) is 1.97. The molecule has 0 heterocycles. The van der Waals surface area contributed by atoms with Crippen LogP contribution in [-0.2, 0) is 4.79 Å². The monoisotopic (exact) mass is 281 g/mol. The van der Waals surface area contributed by atoms with Crippen molar-refractivity contribution in [2.45, 2.75) is 57.6 Å². The minimum atomic E-state index is -1.01. The van der Waals surface area contributed by atoms with Crippen LogP contribution in [0, 0.1) is 23.7 Å². The van der Waals surface area contributed by atoms with E-state index in [-0.39, 0.29) is 11.8 Å². The second kappa shape index (κ2) is 4.99. The minimum absolute atomic E-state index is 0.195. The highest BCUT2D eigenvalue weighted by Crippen LogP contribution is 2.59. The van der Waals surface area contributed by atoms with Gasteiger partial charge in [-0.15, -0.1) is 0 Å². The highest BCUT2D eigenvalue weighted by Gasteiger charge is 2.62. The molecule has 4 nitrogen and oxygen atoms in total. The molecule has 4 saturated carbocycles. The number of rotatable bonds is 5. The predicted molar refractivity (Wildman–Crippen MR) is 76.3 cm³/mol. The molecule has 0 aromatic rings. The fraction of sp³-hybridized carbons (Fsp3) is 0.938. The molecule has 2 N–H and O–H groups in total. The van der Waals surface area contributed by atoms with Crippen LogP contribution in [0.25, 0.3) is 0 Å². The Bertz CT molecular complexity index is 363. The average Bonchev–Trinajstić information content (AvgIpc) is 2.40. The number of carboxylic acid groups (broad SMARTS) is 1. The maximum atomic E-state index is 11.9. The Morgan fingerprint density at radius 3 is 1.90 bits per heavy atom. The van der Waals surface area contributed by atoms with Gasteiger partial charge in [-0.1, -0.05) is 13.8 Å². The second-order valence-electron chi connectivity index (χ2n) is 7.15. The number of carboxylic acids is 1. The standard InChI is InChI=1S/C16H27NO3/c1-3-17(4-2)14(15(18)19)16(20)12-6-10-5-11(8-12)9-13(16)7-10/h10-14,20H,3-9H2,1-2H3,(H,18,19). The van der Waals surface area contributed by atoms with Gasteiger partial charge in [-0.25, -0.2) is 0 Å². The van der Waals surface area contributed by atoms with Crippen LogP contribution >= 0.6 is 0 Å². The molecule has 20 heavy (non-hydrogen) atoms. The lowest BCUT2D eigenvalue weighted by Crippen LogP contribution is -2.69. The molecule has 0 radical (unpaired) electrons. The zero-order valence-corrected chi connectivity index (χ0v) is 12.6. The summed E-state index contributed by atoms with van der Waals surface area (Å²) in [5.74, 6) is 1.03. The van der Waals surface area contributed by atoms with Crippen molar-refractivity contribution in [2.24, 2.45) is 23.7 Å². The van der Waals surface area contributed by atoms with Crippen molar-refractivity contribution in [3.8, 4) is 0 Å². The summed E-state index contributed by atoms with van der Waals surface area (Å²) in [6, 6.07) is -0.729. The van der Waals surface area contributed by atoms with Crippen molar-refractivity contribution in [3.05, 3.63) is 0 Å². The number of aliphatic carboxylic acids is 1. The minimum Gasteiger partial charge on any atom is -0.480 e. The molecule has 0 aromatic carbocycles. The first-order chi connectivity index (χ1) is 9.50. The van der Waals surface area contributed by atoms with E-state index in [4.69, 9.17) is 0 Å². The molecule has 0 aliphatic heterocycles. The Hall–Kier alpha value is -0.610. The van der Waals surface area contributed by atoms with E-state index in [1.807, 2.05) is 18.7 Å². The highest BCUT2D eigenvalue weighted by atomic mass is 16.4. The van der Waals surface area contributed by atoms with Gasteiger partial charge in [0.05, 0.1) is 5.60 Å². The molecular formula is C16H27NO3. The summed E-state index contributed by atoms with van der Waals surface area (Å²) in [7, 11) is 0. The summed E-state index contributed by atoms with van der Waals surface area (Å²) in [6.45, 7) is 5.34. The summed E-state index contributed by atoms with van der Waals surface area (Å²) >= 11 is 0. The molecule has 114 valence electrons. The van der Waals surface area contributed by atoms with Gasteiger partial charge in [0.1, 0.15) is 6.04 Å². The van der Waals surface area contributed by atoms with E-state index in [2.05, 4.69) is 0 Å². The molecule has 0 spiro atoms. The van der Waals surface area contributed by atoms with Crippen molar-refractivity contribution >= 4 is 5.97 Å². The van der Waals surface area contributed by atoms with E-state index in [1.54, 1.807) is 0 Å². The van der Waals surface area contributed by atoms with E-state index in [0.29, 0.717) is 13.1 Å². The maximum Gasteiger partial charge on any atom is 0.323 e. The van der Waals surface area contributed by atoms with Gasteiger partial charge in [-0.2, -0.15) is 0 Å². The van der Waals surface area contributed by atoms with Crippen LogP contribution in [0.15, 0.2) is 0 Å². The molecule has 0 amide bonds. The smallest absolute Gasteiger partial charge is 0.323 e. The first kappa shape index (κ1) is 14.3. The highest BCUT2D eigenvalue weighted by molar-refractivity contribution is 5.75. The molecule has 0 saturated heterocycles. The summed E-state index contributed by atoms with van der Waals surface area (Å²) in [4.78, 5) is 13.8. The van der Waals surface area contributed by atoms with E-state index in [0.717, 1.165) is 37.5 Å². The van der Waals surface area contributed by atoms with Crippen molar-refractivity contribution in [2.75, 3.05) is 13.1 Å². The fourth-order valence-electron chi connectivity index (χ4n) is 5.62. The Morgan fingerprint density at radius 2 is 1.55 bits per heavy atom. The number of hydrogen-bond acceptors (Lipinski definition) is 3. The van der Waals surface area contributed by atoms with E-state index < -0.39 is 17.6 Å². The molecule has 4 bridgehead atoms. The first-order valence-electron chi connectivity index (χ1n) is 8.19. The zero-order valence-electron chi connectivity index (χ0n) is 12.6. The molecule has 0 aromatic heterocycles. The quantitative estimate of drug-likeness (QED) is 0.809. The van der Waals surface area contributed by atoms with E-state index >= 15 is 0 Å². The topological polar surface area (TPSA) is 60.8 Å². The van der Waals surface area contributed by atoms with Crippen molar-refractivity contribution in [1.29, 1.82) is 0 Å². The van der Waals surface area contributed by atoms with Gasteiger partial charge in [0.2, 0.25) is 0 Å². The van der Waals surface area contributed by atoms with Crippen LogP contribution in [0.2, 0.25) is 0 Å². The average molecular weight is 281 g/mol. The van der Waals surface area contributed by atoms with Gasteiger partial charge < -0.3 is 10.2 Å². The van der Waals surface area contributed by atoms with E-state index in [9.17, 15) is 15.0 Å². The molecule has 1 atom stereocenters. The number of nitrogens with zero attached hydrogens (tertiary/aromatic N) is 1. The summed E-state index contributed by atoms with van der Waals surface area (Å²) in [5.41, 5.74) is -1.01. The Balaban J connectivity index is 1.94. The number of aliphatic hydroxyl groups is 1. The first-order valence-corrected chi connectivity index (χ1v) is 8.19. The lowest BCUT2D eigenvalue weighted by molar-refractivity contribution is -0.213. The molecule has 4 rings (SSSR count). The summed E-state index contributed by atoms with van der Waals surface area (Å²) in [6.07, 6.45) is 5.46. The van der Waals surface area contributed by atoms with Crippen LogP contribution in [0.3, 0.4) is 0 Å². The number of carbonyl (C=O) groups is 1. The lowest BCUT2D eigenvalue weighted by atomic mass is 9.48. The third-order valence-corrected chi connectivity index (χ3v) is 6.30. The second-order valence-corrected chi connectivity index (χ2v) is 7.15. The van der Waals surface area contributed by atoms with Crippen molar-refractivity contribution < 1.29 is 15.0 Å². The van der Waals surface area contributed by atoms with Crippen LogP contribution in [0.5, 0.6) is 0 Å². The van der Waals surface area contributed by atoms with Gasteiger partial charge in [-0.05, 0) is 68.9 Å². The molecule has 4 heteroatoms. The molecular weight excluding hydrogens is 254 g/mol. The van der Waals surface area contributed by atoms with Crippen LogP contribution in [0.4, 0.5) is 0 Å². The van der Waals surface area contributed by atoms with Gasteiger partial charge in [0.15, 0.2) is 0 Å². The Labute approximate surface area is 121 Å². The number of hydrogen-bond donors (Lipinski definition) is 2. The van der Waals surface area contributed by atoms with Crippen molar-refractivity contribution in [3.63, 3.8) is 0 Å². The SMILES string of the molecule is CCN(CC)C(C(=O)O)C1(O)C2CC3CC(C2)CC1C3. The molecule has 4 aliphatic rings. The van der Waals surface area contributed by atoms with E-state index in [1.165, 1.54) is 6.42 Å². The van der Waals surface area contributed by atoms with Crippen LogP contribution < -0.4 is 0 Å². The zero-order chi connectivity index (χ0) is 14.5. The fourth-order valence-corrected chi connectivity index (χ4v) is 5.62. The summed E-state index contributed by atoms with van der Waals surface area (Å²) < 4.78 is 0. The van der Waals surface area contributed by atoms with Crippen LogP contribution in [0.1, 0.15) is 46.0 Å². The van der Waals surface area contributed by atoms with Gasteiger partial charge in [0, 0.05) is 0 Å².